The number of carbonyl (C=O) groups is 3. The van der Waals surface area contributed by atoms with Crippen LogP contribution in [0, 0.1) is 0 Å². The molecule has 0 N–H and O–H groups in total. The predicted octanol–water partition coefficient (Wildman–Crippen LogP) is 5.38. The van der Waals surface area contributed by atoms with E-state index >= 15 is 0 Å². The summed E-state index contributed by atoms with van der Waals surface area (Å²) in [6.45, 7) is 5.97. The van der Waals surface area contributed by atoms with Crippen molar-refractivity contribution in [2.24, 2.45) is 0 Å². The quantitative estimate of drug-likeness (QED) is 0.142. The molecular weight excluding hydrogens is 512 g/mol. The molecule has 0 bridgehead atoms. The minimum Gasteiger partial charge on any atom is -0.490 e. The fourth-order valence-corrected chi connectivity index (χ4v) is 3.72. The van der Waals surface area contributed by atoms with Crippen molar-refractivity contribution in [3.63, 3.8) is 0 Å². The van der Waals surface area contributed by atoms with E-state index in [0.29, 0.717) is 29.0 Å². The molecule has 40 heavy (non-hydrogen) atoms. The lowest BCUT2D eigenvalue weighted by atomic mass is 10.1. The van der Waals surface area contributed by atoms with Crippen molar-refractivity contribution in [1.82, 2.24) is 0 Å². The number of hydrogen-bond acceptors (Lipinski definition) is 8. The Labute approximate surface area is 234 Å². The molecule has 1 unspecified atom stereocenters. The Balaban J connectivity index is 1.43. The van der Waals surface area contributed by atoms with E-state index in [1.165, 1.54) is 12.7 Å². The summed E-state index contributed by atoms with van der Waals surface area (Å²) >= 11 is 0. The van der Waals surface area contributed by atoms with Crippen LogP contribution in [0.25, 0.3) is 0 Å². The van der Waals surface area contributed by atoms with Crippen LogP contribution in [0.5, 0.6) is 11.5 Å². The number of benzene rings is 3. The van der Waals surface area contributed by atoms with Crippen LogP contribution >= 0.6 is 0 Å². The Hall–Kier alpha value is -4.43. The molecule has 0 spiro atoms. The van der Waals surface area contributed by atoms with Crippen LogP contribution in [-0.2, 0) is 31.8 Å². The summed E-state index contributed by atoms with van der Waals surface area (Å²) in [5.41, 5.74) is 3.02. The fourth-order valence-electron chi connectivity index (χ4n) is 3.72. The maximum atomic E-state index is 12.6. The van der Waals surface area contributed by atoms with Crippen LogP contribution in [0.3, 0.4) is 0 Å². The first-order valence-corrected chi connectivity index (χ1v) is 13.0. The van der Waals surface area contributed by atoms with Crippen LogP contribution in [0.4, 0.5) is 0 Å². The molecule has 0 heterocycles. The summed E-state index contributed by atoms with van der Waals surface area (Å²) in [5.74, 6) is -0.550. The van der Waals surface area contributed by atoms with E-state index in [-0.39, 0.29) is 25.8 Å². The van der Waals surface area contributed by atoms with Gasteiger partial charge in [-0.2, -0.15) is 0 Å². The van der Waals surface area contributed by atoms with Gasteiger partial charge in [-0.3, -0.25) is 0 Å². The minimum atomic E-state index is -0.599. The van der Waals surface area contributed by atoms with Crippen molar-refractivity contribution >= 4 is 17.9 Å². The van der Waals surface area contributed by atoms with Crippen LogP contribution in [0.1, 0.15) is 45.2 Å². The number of methoxy groups -OCH3 is 1. The normalized spacial score (nSPS) is 11.2. The molecule has 0 fully saturated rings. The Morgan fingerprint density at radius 1 is 0.775 bits per heavy atom. The van der Waals surface area contributed by atoms with Crippen molar-refractivity contribution in [2.45, 2.75) is 32.3 Å². The molecule has 0 amide bonds. The first kappa shape index (κ1) is 30.1. The van der Waals surface area contributed by atoms with Gasteiger partial charge in [-0.1, -0.05) is 44.2 Å². The maximum absolute atomic E-state index is 12.6. The van der Waals surface area contributed by atoms with Crippen molar-refractivity contribution in [2.75, 3.05) is 26.9 Å². The Bertz CT molecular complexity index is 1250. The Morgan fingerprint density at radius 3 is 1.98 bits per heavy atom. The molecular formula is C32H34O8. The van der Waals surface area contributed by atoms with E-state index in [1.807, 2.05) is 24.3 Å². The molecule has 0 saturated carbocycles. The van der Waals surface area contributed by atoms with Gasteiger partial charge in [0.25, 0.3) is 0 Å². The third-order valence-corrected chi connectivity index (χ3v) is 5.81. The Kier molecular flexibility index (Phi) is 11.9. The van der Waals surface area contributed by atoms with Gasteiger partial charge in [0.05, 0.1) is 24.3 Å². The summed E-state index contributed by atoms with van der Waals surface area (Å²) in [7, 11) is 1.49. The van der Waals surface area contributed by atoms with Crippen LogP contribution in [-0.4, -0.2) is 50.9 Å². The molecule has 8 heteroatoms. The van der Waals surface area contributed by atoms with E-state index in [0.717, 1.165) is 24.5 Å². The van der Waals surface area contributed by atoms with Gasteiger partial charge >= 0.3 is 17.9 Å². The number of carbonyl (C=O) groups excluding carboxylic acids is 3. The van der Waals surface area contributed by atoms with Gasteiger partial charge in [-0.25, -0.2) is 14.4 Å². The minimum absolute atomic E-state index is 0.0783. The van der Waals surface area contributed by atoms with E-state index in [4.69, 9.17) is 23.7 Å². The highest BCUT2D eigenvalue weighted by Gasteiger charge is 2.15. The van der Waals surface area contributed by atoms with Gasteiger partial charge < -0.3 is 23.7 Å². The smallest absolute Gasteiger partial charge is 0.343 e. The SMILES string of the molecule is C=CC(=O)OC(COC)COc1ccc(C(=O)Oc2ccc(CCOC(=O)c3ccc(CCC)cc3)cc2)cc1. The monoisotopic (exact) mass is 546 g/mol. The van der Waals surface area contributed by atoms with E-state index in [2.05, 4.69) is 13.5 Å². The van der Waals surface area contributed by atoms with Gasteiger partial charge in [0.2, 0.25) is 0 Å². The fraction of sp³-hybridized carbons (Fsp3) is 0.281. The molecule has 210 valence electrons. The van der Waals surface area contributed by atoms with Crippen molar-refractivity contribution in [3.05, 3.63) is 108 Å². The largest absolute Gasteiger partial charge is 0.490 e. The standard InChI is InChI=1S/C32H34O8/c1-4-6-23-7-11-25(12-8-23)31(34)37-20-19-24-9-15-28(16-10-24)40-32(35)26-13-17-27(18-14-26)38-22-29(21-36-3)39-30(33)5-2/h5,7-18,29H,2,4,6,19-22H2,1,3H3. The zero-order chi connectivity index (χ0) is 28.7. The number of hydrogen-bond donors (Lipinski definition) is 0. The highest BCUT2D eigenvalue weighted by Crippen LogP contribution is 2.18. The molecule has 0 aliphatic rings. The number of rotatable bonds is 15. The third kappa shape index (κ3) is 9.71. The van der Waals surface area contributed by atoms with Gasteiger partial charge in [0.1, 0.15) is 18.1 Å². The van der Waals surface area contributed by atoms with Gasteiger partial charge in [0, 0.05) is 19.6 Å². The lowest BCUT2D eigenvalue weighted by Crippen LogP contribution is -2.28. The molecule has 0 aromatic heterocycles. The maximum Gasteiger partial charge on any atom is 0.343 e. The van der Waals surface area contributed by atoms with Crippen molar-refractivity contribution < 1.29 is 38.1 Å². The summed E-state index contributed by atoms with van der Waals surface area (Å²) < 4.78 is 26.7. The lowest BCUT2D eigenvalue weighted by molar-refractivity contribution is -0.147. The third-order valence-electron chi connectivity index (χ3n) is 5.81. The lowest BCUT2D eigenvalue weighted by Gasteiger charge is -2.17. The first-order chi connectivity index (χ1) is 19.4. The van der Waals surface area contributed by atoms with Crippen LogP contribution < -0.4 is 9.47 Å². The average Bonchev–Trinajstić information content (AvgIpc) is 2.97. The van der Waals surface area contributed by atoms with Gasteiger partial charge in [-0.15, -0.1) is 0 Å². The molecule has 0 saturated heterocycles. The second-order valence-electron chi connectivity index (χ2n) is 8.92. The molecule has 1 atom stereocenters. The Morgan fingerprint density at radius 2 is 1.35 bits per heavy atom. The average molecular weight is 547 g/mol. The van der Waals surface area contributed by atoms with E-state index < -0.39 is 18.0 Å². The molecule has 3 aromatic carbocycles. The second kappa shape index (κ2) is 15.9. The highest BCUT2D eigenvalue weighted by molar-refractivity contribution is 5.91. The first-order valence-electron chi connectivity index (χ1n) is 13.0. The molecule has 8 nitrogen and oxygen atoms in total. The molecule has 3 aromatic rings. The summed E-state index contributed by atoms with van der Waals surface area (Å²) in [4.78, 5) is 36.2. The summed E-state index contributed by atoms with van der Waals surface area (Å²) in [6, 6.07) is 20.9. The topological polar surface area (TPSA) is 97.4 Å². The number of ether oxygens (including phenoxy) is 5. The highest BCUT2D eigenvalue weighted by atomic mass is 16.6. The zero-order valence-electron chi connectivity index (χ0n) is 22.8. The molecule has 0 aliphatic carbocycles. The van der Waals surface area contributed by atoms with E-state index in [9.17, 15) is 14.4 Å². The predicted molar refractivity (Wildman–Crippen MR) is 150 cm³/mol. The zero-order valence-corrected chi connectivity index (χ0v) is 22.8. The van der Waals surface area contributed by atoms with Crippen LogP contribution in [0.15, 0.2) is 85.5 Å². The van der Waals surface area contributed by atoms with E-state index in [1.54, 1.807) is 48.5 Å². The second-order valence-corrected chi connectivity index (χ2v) is 8.92. The van der Waals surface area contributed by atoms with Crippen molar-refractivity contribution in [1.29, 1.82) is 0 Å². The van der Waals surface area contributed by atoms with Gasteiger partial charge in [0.15, 0.2) is 6.10 Å². The number of esters is 3. The molecule has 0 aliphatic heterocycles. The van der Waals surface area contributed by atoms with Crippen LogP contribution in [0.2, 0.25) is 0 Å². The molecule has 3 rings (SSSR count). The molecule has 0 radical (unpaired) electrons. The summed E-state index contributed by atoms with van der Waals surface area (Å²) in [5, 5.41) is 0. The van der Waals surface area contributed by atoms with Gasteiger partial charge in [-0.05, 0) is 66.1 Å². The van der Waals surface area contributed by atoms with Crippen molar-refractivity contribution in [3.8, 4) is 11.5 Å². The summed E-state index contributed by atoms with van der Waals surface area (Å²) in [6.07, 6.45) is 3.05. The number of aryl methyl sites for hydroxylation is 1.